The highest BCUT2D eigenvalue weighted by Gasteiger charge is 2.36. The van der Waals surface area contributed by atoms with E-state index in [9.17, 15) is 14.7 Å². The lowest BCUT2D eigenvalue weighted by Gasteiger charge is -2.42. The molecule has 2 saturated carbocycles. The summed E-state index contributed by atoms with van der Waals surface area (Å²) in [6.07, 6.45) is 5.27. The van der Waals surface area contributed by atoms with Crippen LogP contribution in [0.4, 0.5) is 9.18 Å². The molecule has 3 aromatic rings. The first-order valence-corrected chi connectivity index (χ1v) is 21.0. The summed E-state index contributed by atoms with van der Waals surface area (Å²) in [6.45, 7) is 15.7. The second-order valence-corrected chi connectivity index (χ2v) is 21.3. The van der Waals surface area contributed by atoms with Gasteiger partial charge in [-0.2, -0.15) is 0 Å². The van der Waals surface area contributed by atoms with Gasteiger partial charge in [0.25, 0.3) is 5.91 Å². The van der Waals surface area contributed by atoms with Crippen LogP contribution < -0.4 is 14.8 Å². The molecule has 0 saturated heterocycles. The molecule has 2 fully saturated rings. The number of ether oxygens (including phenoxy) is 3. The van der Waals surface area contributed by atoms with E-state index in [1.54, 1.807) is 6.07 Å². The van der Waals surface area contributed by atoms with Crippen LogP contribution >= 0.6 is 0 Å². The van der Waals surface area contributed by atoms with Crippen molar-refractivity contribution in [3.05, 3.63) is 35.5 Å². The Hall–Kier alpha value is -3.71. The fourth-order valence-corrected chi connectivity index (χ4v) is 7.43. The average molecular weight is 698 g/mol. The third-order valence-corrected chi connectivity index (χ3v) is 11.3. The predicted molar refractivity (Wildman–Crippen MR) is 190 cm³/mol. The van der Waals surface area contributed by atoms with Crippen molar-refractivity contribution < 1.29 is 33.3 Å². The van der Waals surface area contributed by atoms with E-state index in [2.05, 4.69) is 34.9 Å². The maximum Gasteiger partial charge on any atom is 0.407 e. The van der Waals surface area contributed by atoms with Crippen LogP contribution in [0.15, 0.2) is 18.5 Å². The van der Waals surface area contributed by atoms with Gasteiger partial charge in [0.1, 0.15) is 30.0 Å². The summed E-state index contributed by atoms with van der Waals surface area (Å²) in [7, 11) is 0.0606. The number of benzene rings is 1. The summed E-state index contributed by atoms with van der Waals surface area (Å²) in [5.74, 6) is 0.166. The summed E-state index contributed by atoms with van der Waals surface area (Å²) in [5.41, 5.74) is 2.43. The Bertz CT molecular complexity index is 1670. The van der Waals surface area contributed by atoms with E-state index in [4.69, 9.17) is 14.2 Å². The Kier molecular flexibility index (Phi) is 10.9. The van der Waals surface area contributed by atoms with E-state index in [1.165, 1.54) is 24.4 Å². The molecule has 2 N–H and O–H groups in total. The molecule has 0 spiro atoms. The molecule has 0 radical (unpaired) electrons. The molecule has 11 nitrogen and oxygen atoms in total. The van der Waals surface area contributed by atoms with Gasteiger partial charge in [0.2, 0.25) is 0 Å². The topological polar surface area (TPSA) is 128 Å². The number of methoxy groups -OCH3 is 1. The largest absolute Gasteiger partial charge is 0.494 e. The number of halogens is 1. The fraction of sp³-hybridized carbons (Fsp3) is 0.611. The van der Waals surface area contributed by atoms with E-state index < -0.39 is 25.5 Å². The highest BCUT2D eigenvalue weighted by Crippen LogP contribution is 2.41. The van der Waals surface area contributed by atoms with Gasteiger partial charge < -0.3 is 34.1 Å². The summed E-state index contributed by atoms with van der Waals surface area (Å²) in [4.78, 5) is 37.0. The molecule has 0 atom stereocenters. The molecule has 0 bridgehead atoms. The molecule has 0 unspecified atom stereocenters. The zero-order chi connectivity index (χ0) is 35.7. The first kappa shape index (κ1) is 36.6. The lowest BCUT2D eigenvalue weighted by atomic mass is 9.88. The maximum absolute atomic E-state index is 15.3. The Morgan fingerprint density at radius 1 is 1.08 bits per heavy atom. The summed E-state index contributed by atoms with van der Waals surface area (Å²) < 4.78 is 34.9. The molecular formula is C36H52FN5O6Si. The second kappa shape index (κ2) is 14.6. The molecule has 268 valence electrons. The zero-order valence-corrected chi connectivity index (χ0v) is 31.2. The summed E-state index contributed by atoms with van der Waals surface area (Å²) in [5, 5.41) is 13.1. The van der Waals surface area contributed by atoms with Crippen molar-refractivity contribution in [1.29, 1.82) is 0 Å². The number of hydrogen-bond acceptors (Lipinski definition) is 7. The summed E-state index contributed by atoms with van der Waals surface area (Å²) >= 11 is 0. The van der Waals surface area contributed by atoms with Gasteiger partial charge in [-0.15, -0.1) is 0 Å². The van der Waals surface area contributed by atoms with Crippen LogP contribution in [0.2, 0.25) is 25.7 Å². The van der Waals surface area contributed by atoms with Crippen molar-refractivity contribution in [3.63, 3.8) is 0 Å². The standard InChI is InChI=1S/C36H52FN5O6Si/c1-22-30(34(43)40-24-11-13-25(14-12-24)42(35(44)45)36(2,3)4)32-33(41(22)21-47-15-16-49(6,7)8)31(38-20-39-32)26-17-27(37)29(46-5)18-28(26)48-19-23-9-10-23/h17-18,20,23-25H,9-16,19,21H2,1-8H3,(H,40,43)(H,44,45). The number of nitrogens with one attached hydrogen (secondary N) is 1. The minimum Gasteiger partial charge on any atom is -0.494 e. The van der Waals surface area contributed by atoms with E-state index >= 15 is 4.39 Å². The maximum atomic E-state index is 15.3. The Morgan fingerprint density at radius 3 is 2.37 bits per heavy atom. The molecule has 13 heteroatoms. The molecule has 2 heterocycles. The van der Waals surface area contributed by atoms with Gasteiger partial charge in [-0.3, -0.25) is 4.79 Å². The molecule has 2 aromatic heterocycles. The van der Waals surface area contributed by atoms with Gasteiger partial charge >= 0.3 is 6.09 Å². The number of carboxylic acid groups (broad SMARTS) is 1. The van der Waals surface area contributed by atoms with Gasteiger partial charge in [0.05, 0.1) is 24.8 Å². The zero-order valence-electron chi connectivity index (χ0n) is 30.2. The number of rotatable bonds is 13. The van der Waals surface area contributed by atoms with Gasteiger partial charge in [-0.05, 0) is 84.2 Å². The van der Waals surface area contributed by atoms with E-state index in [-0.39, 0.29) is 30.5 Å². The van der Waals surface area contributed by atoms with Crippen molar-refractivity contribution in [2.45, 2.75) is 116 Å². The third kappa shape index (κ3) is 8.54. The number of hydrogen-bond donors (Lipinski definition) is 2. The number of fused-ring (bicyclic) bond motifs is 1. The Morgan fingerprint density at radius 2 is 1.78 bits per heavy atom. The van der Waals surface area contributed by atoms with Gasteiger partial charge in [0.15, 0.2) is 11.6 Å². The Labute approximate surface area is 289 Å². The molecular weight excluding hydrogens is 646 g/mol. The van der Waals surface area contributed by atoms with E-state index in [0.717, 1.165) is 18.9 Å². The molecule has 2 amide bonds. The molecule has 49 heavy (non-hydrogen) atoms. The van der Waals surface area contributed by atoms with Crippen LogP contribution in [0.3, 0.4) is 0 Å². The highest BCUT2D eigenvalue weighted by atomic mass is 28.3. The van der Waals surface area contributed by atoms with Crippen molar-refractivity contribution in [1.82, 2.24) is 24.8 Å². The smallest absolute Gasteiger partial charge is 0.407 e. The SMILES string of the molecule is COc1cc(OCC2CC2)c(-c2ncnc3c(C(=O)NC4CCC(N(C(=O)O)C(C)(C)C)CC4)c(C)n(COCC[Si](C)(C)C)c23)cc1F. The first-order valence-electron chi connectivity index (χ1n) is 17.3. The van der Waals surface area contributed by atoms with Gasteiger partial charge in [0, 0.05) is 49.6 Å². The highest BCUT2D eigenvalue weighted by molar-refractivity contribution is 6.76. The molecule has 2 aliphatic carbocycles. The minimum absolute atomic E-state index is 0.0739. The van der Waals surface area contributed by atoms with Crippen LogP contribution in [0.1, 0.15) is 75.3 Å². The minimum atomic E-state index is -1.36. The number of aromatic nitrogens is 3. The van der Waals surface area contributed by atoms with Gasteiger partial charge in [-0.25, -0.2) is 19.2 Å². The van der Waals surface area contributed by atoms with Crippen molar-refractivity contribution in [3.8, 4) is 22.8 Å². The number of nitrogens with zero attached hydrogens (tertiary/aromatic N) is 4. The number of carbonyl (C=O) groups is 2. The van der Waals surface area contributed by atoms with Crippen molar-refractivity contribution in [2.24, 2.45) is 5.92 Å². The normalized spacial score (nSPS) is 18.4. The van der Waals surface area contributed by atoms with Crippen LogP contribution in [0.25, 0.3) is 22.3 Å². The average Bonchev–Trinajstić information content (AvgIpc) is 3.80. The lowest BCUT2D eigenvalue weighted by molar-refractivity contribution is 0.0519. The van der Waals surface area contributed by atoms with Gasteiger partial charge in [-0.1, -0.05) is 19.6 Å². The second-order valence-electron chi connectivity index (χ2n) is 15.7. The fourth-order valence-electron chi connectivity index (χ4n) is 6.67. The van der Waals surface area contributed by atoms with E-state index in [1.807, 2.05) is 32.3 Å². The van der Waals surface area contributed by atoms with Crippen LogP contribution in [0.5, 0.6) is 11.5 Å². The summed E-state index contributed by atoms with van der Waals surface area (Å²) in [6, 6.07) is 3.67. The monoisotopic (exact) mass is 697 g/mol. The van der Waals surface area contributed by atoms with Crippen molar-refractivity contribution >= 4 is 31.1 Å². The predicted octanol–water partition coefficient (Wildman–Crippen LogP) is 7.48. The first-order chi connectivity index (χ1) is 23.1. The van der Waals surface area contributed by atoms with Crippen LogP contribution in [-0.2, 0) is 11.5 Å². The van der Waals surface area contributed by atoms with Crippen LogP contribution in [-0.4, -0.2) is 82.6 Å². The Balaban J connectivity index is 1.50. The molecule has 1 aromatic carbocycles. The quantitative estimate of drug-likeness (QED) is 0.139. The van der Waals surface area contributed by atoms with E-state index in [0.29, 0.717) is 84.1 Å². The molecule has 5 rings (SSSR count). The molecule has 0 aliphatic heterocycles. The third-order valence-electron chi connectivity index (χ3n) is 9.55. The van der Waals surface area contributed by atoms with Crippen molar-refractivity contribution in [2.75, 3.05) is 20.3 Å². The number of carbonyl (C=O) groups excluding carboxylic acids is 1. The molecule has 2 aliphatic rings. The lowest BCUT2D eigenvalue weighted by Crippen LogP contribution is -2.53. The number of amides is 2. The van der Waals surface area contributed by atoms with Crippen LogP contribution in [0, 0.1) is 18.7 Å².